The topological polar surface area (TPSA) is 96.4 Å². The molecule has 37 heavy (non-hydrogen) atoms. The second kappa shape index (κ2) is 9.87. The highest BCUT2D eigenvalue weighted by Gasteiger charge is 2.79. The monoisotopic (exact) mass is 512 g/mol. The number of carbonyl (C=O) groups is 3. The number of esters is 1. The first kappa shape index (κ1) is 27.3. The van der Waals surface area contributed by atoms with Gasteiger partial charge in [0.1, 0.15) is 17.6 Å². The highest BCUT2D eigenvalue weighted by atomic mass is 16.6. The number of benzene rings is 1. The van der Waals surface area contributed by atoms with Gasteiger partial charge in [-0.15, -0.1) is 6.58 Å². The molecule has 1 spiro atoms. The van der Waals surface area contributed by atoms with Gasteiger partial charge in [-0.1, -0.05) is 32.1 Å². The lowest BCUT2D eigenvalue weighted by atomic mass is 9.66. The Balaban J connectivity index is 1.89. The number of fused-ring (bicyclic) bond motifs is 1. The van der Waals surface area contributed by atoms with Gasteiger partial charge in [-0.3, -0.25) is 14.4 Å². The number of aliphatic hydroxyl groups excluding tert-OH is 1. The van der Waals surface area contributed by atoms with E-state index < -0.39 is 41.1 Å². The number of aliphatic hydroxyl groups is 1. The zero-order valence-electron chi connectivity index (χ0n) is 22.8. The molecule has 8 heteroatoms. The SMILES string of the molecule is C=CCN(C(=O)C1N([C@@H](CO)C(C)C)C(=O)[C@@H]2[C@@H](C(=O)OCC)[C@@]3(C)CCC12O3)c1cc(C)ccc1C. The number of likely N-dealkylation sites (tertiary alicyclic amines) is 1. The van der Waals surface area contributed by atoms with Crippen molar-refractivity contribution in [3.8, 4) is 0 Å². The maximum atomic E-state index is 14.6. The maximum absolute atomic E-state index is 14.6. The van der Waals surface area contributed by atoms with Crippen LogP contribution in [0.5, 0.6) is 0 Å². The van der Waals surface area contributed by atoms with Crippen molar-refractivity contribution in [2.45, 2.75) is 77.7 Å². The summed E-state index contributed by atoms with van der Waals surface area (Å²) in [5.74, 6) is -2.88. The fourth-order valence-corrected chi connectivity index (χ4v) is 6.80. The zero-order chi connectivity index (χ0) is 27.3. The van der Waals surface area contributed by atoms with Gasteiger partial charge >= 0.3 is 5.97 Å². The molecule has 2 unspecified atom stereocenters. The van der Waals surface area contributed by atoms with Crippen molar-refractivity contribution >= 4 is 23.5 Å². The van der Waals surface area contributed by atoms with Crippen LogP contribution in [-0.4, -0.2) is 70.8 Å². The van der Waals surface area contributed by atoms with Crippen LogP contribution in [0.25, 0.3) is 0 Å². The van der Waals surface area contributed by atoms with Crippen LogP contribution in [0.3, 0.4) is 0 Å². The Hall–Kier alpha value is -2.71. The Morgan fingerprint density at radius 3 is 2.62 bits per heavy atom. The number of aryl methyl sites for hydroxylation is 2. The van der Waals surface area contributed by atoms with Crippen LogP contribution in [-0.2, 0) is 23.9 Å². The van der Waals surface area contributed by atoms with Gasteiger partial charge in [-0.25, -0.2) is 0 Å². The standard InChI is InChI=1S/C29H40N2O6/c1-8-14-30(20-15-18(5)10-11-19(20)6)26(34)24-29-13-12-28(7,37-29)23(27(35)36-9-2)22(29)25(33)31(24)21(16-32)17(3)4/h8,10-11,15,17,21-24,32H,1,9,12-14,16H2,2-7H3/t21-,22-,23-,24?,28+,29?/m0/s1. The van der Waals surface area contributed by atoms with E-state index in [1.165, 1.54) is 4.90 Å². The van der Waals surface area contributed by atoms with Gasteiger partial charge in [-0.05, 0) is 63.6 Å². The summed E-state index contributed by atoms with van der Waals surface area (Å²) in [6.45, 7) is 15.3. The minimum Gasteiger partial charge on any atom is -0.466 e. The van der Waals surface area contributed by atoms with Crippen molar-refractivity contribution in [1.82, 2.24) is 4.90 Å². The van der Waals surface area contributed by atoms with Crippen LogP contribution < -0.4 is 4.90 Å². The molecule has 1 aromatic rings. The number of nitrogens with zero attached hydrogens (tertiary/aromatic N) is 2. The predicted molar refractivity (Wildman–Crippen MR) is 140 cm³/mol. The minimum atomic E-state index is -1.18. The van der Waals surface area contributed by atoms with Crippen molar-refractivity contribution < 1.29 is 29.0 Å². The molecule has 6 atom stereocenters. The number of anilines is 1. The van der Waals surface area contributed by atoms with E-state index in [-0.39, 0.29) is 37.5 Å². The average Bonchev–Trinajstić information content (AvgIpc) is 3.40. The largest absolute Gasteiger partial charge is 0.466 e. The molecule has 1 N–H and O–H groups in total. The van der Waals surface area contributed by atoms with E-state index in [9.17, 15) is 19.5 Å². The Bertz CT molecular complexity index is 1100. The molecule has 1 aromatic carbocycles. The molecule has 2 bridgehead atoms. The quantitative estimate of drug-likeness (QED) is 0.403. The van der Waals surface area contributed by atoms with E-state index in [0.717, 1.165) is 16.8 Å². The van der Waals surface area contributed by atoms with Crippen LogP contribution in [0, 0.1) is 31.6 Å². The molecule has 0 radical (unpaired) electrons. The lowest BCUT2D eigenvalue weighted by Gasteiger charge is -2.40. The molecule has 3 aliphatic rings. The van der Waals surface area contributed by atoms with E-state index >= 15 is 0 Å². The Labute approximate surface area is 219 Å². The van der Waals surface area contributed by atoms with Crippen molar-refractivity contribution in [3.63, 3.8) is 0 Å². The molecule has 3 saturated heterocycles. The van der Waals surface area contributed by atoms with E-state index in [0.29, 0.717) is 12.8 Å². The number of hydrogen-bond acceptors (Lipinski definition) is 6. The van der Waals surface area contributed by atoms with Crippen molar-refractivity contribution in [1.29, 1.82) is 0 Å². The van der Waals surface area contributed by atoms with E-state index in [1.807, 2.05) is 52.8 Å². The van der Waals surface area contributed by atoms with Gasteiger partial charge in [0, 0.05) is 12.2 Å². The summed E-state index contributed by atoms with van der Waals surface area (Å²) in [7, 11) is 0. The van der Waals surface area contributed by atoms with Crippen LogP contribution >= 0.6 is 0 Å². The second-order valence-electron chi connectivity index (χ2n) is 11.2. The maximum Gasteiger partial charge on any atom is 0.312 e. The van der Waals surface area contributed by atoms with Crippen molar-refractivity contribution in [3.05, 3.63) is 42.0 Å². The lowest BCUT2D eigenvalue weighted by Crippen LogP contribution is -2.60. The number of ether oxygens (including phenoxy) is 2. The van der Waals surface area contributed by atoms with Gasteiger partial charge < -0.3 is 24.4 Å². The molecular weight excluding hydrogens is 472 g/mol. The highest BCUT2D eigenvalue weighted by molar-refractivity contribution is 6.05. The molecule has 3 fully saturated rings. The fourth-order valence-electron chi connectivity index (χ4n) is 6.80. The van der Waals surface area contributed by atoms with Crippen LogP contribution in [0.15, 0.2) is 30.9 Å². The number of rotatable bonds is 9. The third kappa shape index (κ3) is 4.09. The van der Waals surface area contributed by atoms with Gasteiger partial charge in [0.25, 0.3) is 5.91 Å². The predicted octanol–water partition coefficient (Wildman–Crippen LogP) is 3.17. The lowest BCUT2D eigenvalue weighted by molar-refractivity contribution is -0.160. The van der Waals surface area contributed by atoms with Gasteiger partial charge in [0.2, 0.25) is 5.91 Å². The van der Waals surface area contributed by atoms with Crippen LogP contribution in [0.2, 0.25) is 0 Å². The normalized spacial score (nSPS) is 31.0. The number of carbonyl (C=O) groups excluding carboxylic acids is 3. The molecule has 3 heterocycles. The summed E-state index contributed by atoms with van der Waals surface area (Å²) in [5.41, 5.74) is 0.580. The highest BCUT2D eigenvalue weighted by Crippen LogP contribution is 2.64. The Morgan fingerprint density at radius 1 is 1.32 bits per heavy atom. The molecule has 202 valence electrons. The van der Waals surface area contributed by atoms with E-state index in [2.05, 4.69) is 6.58 Å². The van der Waals surface area contributed by atoms with Crippen molar-refractivity contribution in [2.75, 3.05) is 24.7 Å². The Kier molecular flexibility index (Phi) is 7.29. The van der Waals surface area contributed by atoms with Crippen LogP contribution in [0.4, 0.5) is 5.69 Å². The number of hydrogen-bond donors (Lipinski definition) is 1. The molecule has 0 aromatic heterocycles. The fraction of sp³-hybridized carbons (Fsp3) is 0.621. The first-order chi connectivity index (χ1) is 17.5. The molecule has 3 aliphatic heterocycles. The third-order valence-corrected chi connectivity index (χ3v) is 8.54. The molecule has 2 amide bonds. The first-order valence-corrected chi connectivity index (χ1v) is 13.3. The summed E-state index contributed by atoms with van der Waals surface area (Å²) in [6, 6.07) is 4.30. The minimum absolute atomic E-state index is 0.123. The average molecular weight is 513 g/mol. The van der Waals surface area contributed by atoms with E-state index in [4.69, 9.17) is 9.47 Å². The summed E-state index contributed by atoms with van der Waals surface area (Å²) in [5, 5.41) is 10.4. The molecule has 4 rings (SSSR count). The van der Waals surface area contributed by atoms with E-state index in [1.54, 1.807) is 17.9 Å². The smallest absolute Gasteiger partial charge is 0.312 e. The summed E-state index contributed by atoms with van der Waals surface area (Å²) in [6.07, 6.45) is 2.67. The first-order valence-electron chi connectivity index (χ1n) is 13.3. The third-order valence-electron chi connectivity index (χ3n) is 8.54. The molecule has 8 nitrogen and oxygen atoms in total. The Morgan fingerprint density at radius 2 is 2.03 bits per heavy atom. The summed E-state index contributed by atoms with van der Waals surface area (Å²) >= 11 is 0. The number of amides is 2. The summed E-state index contributed by atoms with van der Waals surface area (Å²) in [4.78, 5) is 45.2. The molecule has 0 aliphatic carbocycles. The summed E-state index contributed by atoms with van der Waals surface area (Å²) < 4.78 is 12.1. The zero-order valence-corrected chi connectivity index (χ0v) is 22.8. The second-order valence-corrected chi connectivity index (χ2v) is 11.2. The van der Waals surface area contributed by atoms with Crippen molar-refractivity contribution in [2.24, 2.45) is 17.8 Å². The van der Waals surface area contributed by atoms with Crippen LogP contribution in [0.1, 0.15) is 51.7 Å². The molecule has 0 saturated carbocycles. The molecular formula is C29H40N2O6. The van der Waals surface area contributed by atoms with Gasteiger partial charge in [-0.2, -0.15) is 0 Å². The van der Waals surface area contributed by atoms with Gasteiger partial charge in [0.15, 0.2) is 0 Å². The van der Waals surface area contributed by atoms with Gasteiger partial charge in [0.05, 0.1) is 30.8 Å².